The second kappa shape index (κ2) is 10.8. The lowest BCUT2D eigenvalue weighted by Crippen LogP contribution is -2.50. The van der Waals surface area contributed by atoms with Gasteiger partial charge in [-0.3, -0.25) is 14.5 Å². The molecule has 2 amide bonds. The molecule has 2 aromatic rings. The summed E-state index contributed by atoms with van der Waals surface area (Å²) in [5.41, 5.74) is 3.21. The van der Waals surface area contributed by atoms with Gasteiger partial charge in [-0.25, -0.2) is 0 Å². The Morgan fingerprint density at radius 2 is 1.76 bits per heavy atom. The first kappa shape index (κ1) is 23.3. The van der Waals surface area contributed by atoms with Crippen molar-refractivity contribution in [1.29, 1.82) is 0 Å². The number of fused-ring (bicyclic) bond motifs is 1. The maximum absolute atomic E-state index is 13.6. The number of hydrogen-bond donors (Lipinski definition) is 1. The van der Waals surface area contributed by atoms with Crippen molar-refractivity contribution in [2.45, 2.75) is 45.7 Å². The Morgan fingerprint density at radius 3 is 2.55 bits per heavy atom. The van der Waals surface area contributed by atoms with Gasteiger partial charge in [-0.15, -0.1) is 0 Å². The molecule has 0 radical (unpaired) electrons. The van der Waals surface area contributed by atoms with Crippen molar-refractivity contribution in [1.82, 2.24) is 15.1 Å². The number of ether oxygens (including phenoxy) is 1. The zero-order valence-corrected chi connectivity index (χ0v) is 19.8. The fraction of sp³-hybridized carbons (Fsp3) is 0.481. The zero-order valence-electron chi connectivity index (χ0n) is 19.8. The minimum Gasteiger partial charge on any atom is -0.494 e. The van der Waals surface area contributed by atoms with Gasteiger partial charge in [-0.2, -0.15) is 0 Å². The van der Waals surface area contributed by atoms with Gasteiger partial charge in [0.25, 0.3) is 0 Å². The van der Waals surface area contributed by atoms with Gasteiger partial charge >= 0.3 is 0 Å². The van der Waals surface area contributed by atoms with Gasteiger partial charge in [-0.1, -0.05) is 49.4 Å². The Labute approximate surface area is 196 Å². The number of hydrogen-bond acceptors (Lipinski definition) is 4. The van der Waals surface area contributed by atoms with Gasteiger partial charge in [0.2, 0.25) is 11.8 Å². The number of para-hydroxylation sites is 1. The van der Waals surface area contributed by atoms with E-state index in [9.17, 15) is 9.59 Å². The second-order valence-electron chi connectivity index (χ2n) is 9.15. The van der Waals surface area contributed by atoms with Crippen LogP contribution in [0.2, 0.25) is 0 Å². The Kier molecular flexibility index (Phi) is 7.65. The first-order valence-corrected chi connectivity index (χ1v) is 12.1. The third-order valence-electron chi connectivity index (χ3n) is 6.81. The van der Waals surface area contributed by atoms with E-state index in [1.807, 2.05) is 59.2 Å². The van der Waals surface area contributed by atoms with E-state index in [1.54, 1.807) is 0 Å². The van der Waals surface area contributed by atoms with E-state index in [0.29, 0.717) is 25.6 Å². The molecule has 6 nitrogen and oxygen atoms in total. The molecule has 33 heavy (non-hydrogen) atoms. The van der Waals surface area contributed by atoms with Gasteiger partial charge in [0.1, 0.15) is 11.8 Å². The van der Waals surface area contributed by atoms with Crippen LogP contribution in [0, 0.1) is 5.92 Å². The second-order valence-corrected chi connectivity index (χ2v) is 9.15. The molecule has 2 heterocycles. The molecular weight excluding hydrogens is 414 g/mol. The Hall–Kier alpha value is -2.86. The molecule has 1 unspecified atom stereocenters. The maximum Gasteiger partial charge on any atom is 0.244 e. The summed E-state index contributed by atoms with van der Waals surface area (Å²) < 4.78 is 5.67. The first-order chi connectivity index (χ1) is 16.1. The van der Waals surface area contributed by atoms with Crippen LogP contribution in [0.15, 0.2) is 48.5 Å². The molecule has 2 aliphatic rings. The van der Waals surface area contributed by atoms with Gasteiger partial charge < -0.3 is 15.0 Å². The van der Waals surface area contributed by atoms with E-state index in [2.05, 4.69) is 18.3 Å². The van der Waals surface area contributed by atoms with Crippen LogP contribution < -0.4 is 10.1 Å². The summed E-state index contributed by atoms with van der Waals surface area (Å²) in [6, 6.07) is 15.5. The Bertz CT molecular complexity index is 969. The smallest absolute Gasteiger partial charge is 0.244 e. The number of nitrogens with one attached hydrogen (secondary N) is 1. The summed E-state index contributed by atoms with van der Waals surface area (Å²) in [4.78, 5) is 30.6. The molecule has 0 bridgehead atoms. The van der Waals surface area contributed by atoms with E-state index in [4.69, 9.17) is 4.74 Å². The summed E-state index contributed by atoms with van der Waals surface area (Å²) in [7, 11) is 0. The molecule has 0 spiro atoms. The maximum atomic E-state index is 13.6. The van der Waals surface area contributed by atoms with Crippen LogP contribution in [0.25, 0.3) is 0 Å². The normalized spacial score (nSPS) is 19.1. The van der Waals surface area contributed by atoms with Gasteiger partial charge in [0, 0.05) is 31.7 Å². The quantitative estimate of drug-likeness (QED) is 0.702. The van der Waals surface area contributed by atoms with E-state index < -0.39 is 6.04 Å². The van der Waals surface area contributed by atoms with Gasteiger partial charge in [0.15, 0.2) is 0 Å². The average molecular weight is 450 g/mol. The highest BCUT2D eigenvalue weighted by Gasteiger charge is 2.37. The number of benzene rings is 2. The van der Waals surface area contributed by atoms with Gasteiger partial charge in [0.05, 0.1) is 13.2 Å². The number of carbonyl (C=O) groups is 2. The third-order valence-corrected chi connectivity index (χ3v) is 6.81. The highest BCUT2D eigenvalue weighted by Crippen LogP contribution is 2.32. The largest absolute Gasteiger partial charge is 0.494 e. The minimum atomic E-state index is -0.398. The number of amides is 2. The number of likely N-dealkylation sites (tertiary alicyclic amines) is 1. The van der Waals surface area contributed by atoms with Crippen molar-refractivity contribution in [2.24, 2.45) is 5.92 Å². The molecule has 4 rings (SSSR count). The van der Waals surface area contributed by atoms with Gasteiger partial charge in [-0.05, 0) is 49.3 Å². The van der Waals surface area contributed by atoms with Crippen LogP contribution in [0.3, 0.4) is 0 Å². The van der Waals surface area contributed by atoms with Crippen molar-refractivity contribution in [3.05, 3.63) is 65.2 Å². The SMILES string of the molecule is CCOc1ccccc1CNC(=O)CN1CCc2ccccc2C1C(=O)N1CCC(C)CC1. The summed E-state index contributed by atoms with van der Waals surface area (Å²) in [6.07, 6.45) is 2.93. The van der Waals surface area contributed by atoms with E-state index in [0.717, 1.165) is 49.2 Å². The molecule has 1 N–H and O–H groups in total. The molecular formula is C27H35N3O3. The fourth-order valence-corrected chi connectivity index (χ4v) is 4.86. The van der Waals surface area contributed by atoms with Crippen molar-refractivity contribution in [2.75, 3.05) is 32.8 Å². The van der Waals surface area contributed by atoms with Crippen LogP contribution in [0.1, 0.15) is 49.4 Å². The first-order valence-electron chi connectivity index (χ1n) is 12.1. The predicted molar refractivity (Wildman–Crippen MR) is 129 cm³/mol. The Morgan fingerprint density at radius 1 is 1.03 bits per heavy atom. The molecule has 0 saturated carbocycles. The van der Waals surface area contributed by atoms with Crippen LogP contribution in [0.4, 0.5) is 0 Å². The number of piperidine rings is 1. The Balaban J connectivity index is 1.46. The fourth-order valence-electron chi connectivity index (χ4n) is 4.86. The van der Waals surface area contributed by atoms with Crippen LogP contribution in [-0.4, -0.2) is 54.4 Å². The van der Waals surface area contributed by atoms with Crippen molar-refractivity contribution < 1.29 is 14.3 Å². The van der Waals surface area contributed by atoms with Crippen molar-refractivity contribution >= 4 is 11.8 Å². The van der Waals surface area contributed by atoms with E-state index in [1.165, 1.54) is 5.56 Å². The van der Waals surface area contributed by atoms with E-state index in [-0.39, 0.29) is 18.4 Å². The summed E-state index contributed by atoms with van der Waals surface area (Å²) in [5.74, 6) is 1.50. The predicted octanol–water partition coefficient (Wildman–Crippen LogP) is 3.56. The molecule has 0 aliphatic carbocycles. The third kappa shape index (κ3) is 5.56. The molecule has 2 aliphatic heterocycles. The standard InChI is InChI=1S/C27H35N3O3/c1-3-33-24-11-7-5-9-22(24)18-28-25(31)19-30-17-14-21-8-4-6-10-23(21)26(30)27(32)29-15-12-20(2)13-16-29/h4-11,20,26H,3,12-19H2,1-2H3,(H,28,31). The lowest BCUT2D eigenvalue weighted by molar-refractivity contribution is -0.140. The molecule has 1 fully saturated rings. The number of carbonyl (C=O) groups excluding carboxylic acids is 2. The number of rotatable bonds is 7. The highest BCUT2D eigenvalue weighted by molar-refractivity contribution is 5.85. The molecule has 176 valence electrons. The molecule has 1 saturated heterocycles. The zero-order chi connectivity index (χ0) is 23.2. The molecule has 0 aromatic heterocycles. The molecule has 1 atom stereocenters. The van der Waals surface area contributed by atoms with E-state index >= 15 is 0 Å². The number of nitrogens with zero attached hydrogens (tertiary/aromatic N) is 2. The molecule has 6 heteroatoms. The van der Waals surface area contributed by atoms with Crippen LogP contribution >= 0.6 is 0 Å². The van der Waals surface area contributed by atoms with Crippen LogP contribution in [-0.2, 0) is 22.6 Å². The summed E-state index contributed by atoms with van der Waals surface area (Å²) >= 11 is 0. The lowest BCUT2D eigenvalue weighted by Gasteiger charge is -2.40. The topological polar surface area (TPSA) is 61.9 Å². The summed E-state index contributed by atoms with van der Waals surface area (Å²) in [5, 5.41) is 3.03. The summed E-state index contributed by atoms with van der Waals surface area (Å²) in [6.45, 7) is 7.67. The average Bonchev–Trinajstić information content (AvgIpc) is 2.83. The highest BCUT2D eigenvalue weighted by atomic mass is 16.5. The monoisotopic (exact) mass is 449 g/mol. The molecule has 2 aromatic carbocycles. The van der Waals surface area contributed by atoms with Crippen LogP contribution in [0.5, 0.6) is 5.75 Å². The van der Waals surface area contributed by atoms with Crippen molar-refractivity contribution in [3.63, 3.8) is 0 Å². The minimum absolute atomic E-state index is 0.0780. The van der Waals surface area contributed by atoms with Crippen molar-refractivity contribution in [3.8, 4) is 5.75 Å². The lowest BCUT2D eigenvalue weighted by atomic mass is 9.90.